The van der Waals surface area contributed by atoms with Crippen LogP contribution in [0.4, 0.5) is 10.1 Å². The number of nitriles is 1. The predicted octanol–water partition coefficient (Wildman–Crippen LogP) is 2.25. The van der Waals surface area contributed by atoms with Crippen LogP contribution in [0.15, 0.2) is 47.4 Å². The molecule has 0 aromatic heterocycles. The van der Waals surface area contributed by atoms with Crippen molar-refractivity contribution in [2.45, 2.75) is 10.6 Å². The van der Waals surface area contributed by atoms with Crippen LogP contribution in [-0.2, 0) is 15.6 Å². The molecule has 2 N–H and O–H groups in total. The highest BCUT2D eigenvalue weighted by Gasteiger charge is 2.16. The van der Waals surface area contributed by atoms with E-state index in [2.05, 4.69) is 0 Å². The lowest BCUT2D eigenvalue weighted by molar-refractivity contribution is 0.594. The quantitative estimate of drug-likeness (QED) is 0.879. The van der Waals surface area contributed by atoms with E-state index < -0.39 is 15.7 Å². The van der Waals surface area contributed by atoms with Crippen molar-refractivity contribution in [3.05, 3.63) is 59.4 Å². The van der Waals surface area contributed by atoms with E-state index in [0.29, 0.717) is 5.69 Å². The molecule has 0 unspecified atom stereocenters. The number of rotatable bonds is 3. The van der Waals surface area contributed by atoms with Gasteiger partial charge in [-0.2, -0.15) is 5.26 Å². The van der Waals surface area contributed by atoms with Crippen LogP contribution in [0.1, 0.15) is 11.1 Å². The Balaban J connectivity index is 2.36. The summed E-state index contributed by atoms with van der Waals surface area (Å²) in [5.74, 6) is -1.00. The van der Waals surface area contributed by atoms with Crippen molar-refractivity contribution < 1.29 is 12.8 Å². The second kappa shape index (κ2) is 5.31. The van der Waals surface area contributed by atoms with E-state index in [1.807, 2.05) is 0 Å². The zero-order valence-electron chi connectivity index (χ0n) is 10.4. The van der Waals surface area contributed by atoms with Crippen LogP contribution in [0.3, 0.4) is 0 Å². The second-order valence-corrected chi connectivity index (χ2v) is 6.28. The van der Waals surface area contributed by atoms with Gasteiger partial charge in [0.15, 0.2) is 9.84 Å². The third-order valence-electron chi connectivity index (χ3n) is 2.68. The average Bonchev–Trinajstić information content (AvgIpc) is 2.37. The molecule has 0 spiro atoms. The predicted molar refractivity (Wildman–Crippen MR) is 72.9 cm³/mol. The van der Waals surface area contributed by atoms with Gasteiger partial charge in [0.2, 0.25) is 0 Å². The molecule has 0 bridgehead atoms. The van der Waals surface area contributed by atoms with Crippen molar-refractivity contribution in [2.75, 3.05) is 5.73 Å². The molecule has 4 nitrogen and oxygen atoms in total. The minimum absolute atomic E-state index is 0.0903. The summed E-state index contributed by atoms with van der Waals surface area (Å²) in [6.45, 7) is 0. The van der Waals surface area contributed by atoms with E-state index in [9.17, 15) is 12.8 Å². The zero-order chi connectivity index (χ0) is 14.8. The molecule has 20 heavy (non-hydrogen) atoms. The molecule has 0 amide bonds. The Bertz CT molecular complexity index is 778. The maximum Gasteiger partial charge on any atom is 0.182 e. The lowest BCUT2D eigenvalue weighted by Crippen LogP contribution is -2.05. The molecule has 102 valence electrons. The van der Waals surface area contributed by atoms with Crippen molar-refractivity contribution in [1.82, 2.24) is 0 Å². The van der Waals surface area contributed by atoms with E-state index in [1.54, 1.807) is 6.07 Å². The number of sulfone groups is 1. The molecule has 2 aromatic rings. The minimum Gasteiger partial charge on any atom is -0.399 e. The number of benzene rings is 2. The molecule has 2 aromatic carbocycles. The van der Waals surface area contributed by atoms with Crippen molar-refractivity contribution in [3.8, 4) is 6.07 Å². The van der Waals surface area contributed by atoms with Gasteiger partial charge in [0.25, 0.3) is 0 Å². The highest BCUT2D eigenvalue weighted by molar-refractivity contribution is 7.90. The standard InChI is InChI=1S/C14H11FN2O2S/c15-12-6-10(8-16)5-11(7-12)9-20(18,19)14-3-1-13(17)2-4-14/h1-7H,9,17H2. The average molecular weight is 290 g/mol. The van der Waals surface area contributed by atoms with Crippen LogP contribution in [0.2, 0.25) is 0 Å². The molecule has 2 rings (SSSR count). The first-order valence-corrected chi connectivity index (χ1v) is 7.34. The van der Waals surface area contributed by atoms with Crippen molar-refractivity contribution in [3.63, 3.8) is 0 Å². The van der Waals surface area contributed by atoms with Gasteiger partial charge in [-0.15, -0.1) is 0 Å². The fourth-order valence-electron chi connectivity index (χ4n) is 1.78. The summed E-state index contributed by atoms with van der Waals surface area (Å²) in [6, 6.07) is 11.1. The topological polar surface area (TPSA) is 84.0 Å². The number of halogens is 1. The summed E-state index contributed by atoms with van der Waals surface area (Å²) < 4.78 is 37.6. The molecule has 0 aliphatic carbocycles. The van der Waals surface area contributed by atoms with Gasteiger partial charge in [-0.25, -0.2) is 12.8 Å². The van der Waals surface area contributed by atoms with Gasteiger partial charge >= 0.3 is 0 Å². The highest BCUT2D eigenvalue weighted by atomic mass is 32.2. The summed E-state index contributed by atoms with van der Waals surface area (Å²) in [4.78, 5) is 0.106. The molecule has 0 fully saturated rings. The molecular weight excluding hydrogens is 279 g/mol. The van der Waals surface area contributed by atoms with Gasteiger partial charge in [-0.3, -0.25) is 0 Å². The van der Waals surface area contributed by atoms with Crippen molar-refractivity contribution >= 4 is 15.5 Å². The smallest absolute Gasteiger partial charge is 0.182 e. The third-order valence-corrected chi connectivity index (χ3v) is 4.39. The molecule has 0 atom stereocenters. The maximum atomic E-state index is 13.3. The van der Waals surface area contributed by atoms with Crippen LogP contribution in [0, 0.1) is 17.1 Å². The van der Waals surface area contributed by atoms with Crippen LogP contribution in [0.5, 0.6) is 0 Å². The fourth-order valence-corrected chi connectivity index (χ4v) is 3.10. The number of nitrogens with two attached hydrogens (primary N) is 1. The van der Waals surface area contributed by atoms with Crippen LogP contribution >= 0.6 is 0 Å². The minimum atomic E-state index is -3.60. The van der Waals surface area contributed by atoms with Gasteiger partial charge in [-0.05, 0) is 48.0 Å². The van der Waals surface area contributed by atoms with Gasteiger partial charge in [0.05, 0.1) is 22.3 Å². The first-order valence-electron chi connectivity index (χ1n) is 5.68. The van der Waals surface area contributed by atoms with Gasteiger partial charge in [0, 0.05) is 5.69 Å². The molecule has 0 radical (unpaired) electrons. The molecule has 0 saturated carbocycles. The van der Waals surface area contributed by atoms with Gasteiger partial charge in [-0.1, -0.05) is 0 Å². The van der Waals surface area contributed by atoms with E-state index in [4.69, 9.17) is 11.0 Å². The highest BCUT2D eigenvalue weighted by Crippen LogP contribution is 2.19. The Morgan fingerprint density at radius 3 is 2.40 bits per heavy atom. The van der Waals surface area contributed by atoms with Crippen LogP contribution in [-0.4, -0.2) is 8.42 Å². The Labute approximate surface area is 116 Å². The van der Waals surface area contributed by atoms with Gasteiger partial charge < -0.3 is 5.73 Å². The Morgan fingerprint density at radius 2 is 1.80 bits per heavy atom. The number of nitrogen functional groups attached to an aromatic ring is 1. The number of nitrogens with zero attached hydrogens (tertiary/aromatic N) is 1. The Hall–Kier alpha value is -2.39. The van der Waals surface area contributed by atoms with Crippen LogP contribution < -0.4 is 5.73 Å². The van der Waals surface area contributed by atoms with Crippen molar-refractivity contribution in [2.24, 2.45) is 0 Å². The summed E-state index contributed by atoms with van der Waals surface area (Å²) in [6.07, 6.45) is 0. The first kappa shape index (κ1) is 14.0. The number of anilines is 1. The third kappa shape index (κ3) is 3.13. The molecule has 0 aliphatic rings. The van der Waals surface area contributed by atoms with E-state index in [1.165, 1.54) is 30.3 Å². The summed E-state index contributed by atoms with van der Waals surface area (Å²) in [5, 5.41) is 8.75. The lowest BCUT2D eigenvalue weighted by Gasteiger charge is -2.06. The second-order valence-electron chi connectivity index (χ2n) is 4.29. The SMILES string of the molecule is N#Cc1cc(F)cc(CS(=O)(=O)c2ccc(N)cc2)c1. The molecule has 0 saturated heterocycles. The molecular formula is C14H11FN2O2S. The van der Waals surface area contributed by atoms with E-state index in [-0.39, 0.29) is 21.8 Å². The van der Waals surface area contributed by atoms with Gasteiger partial charge in [0.1, 0.15) is 5.82 Å². The van der Waals surface area contributed by atoms with Crippen molar-refractivity contribution in [1.29, 1.82) is 5.26 Å². The normalized spacial score (nSPS) is 11.0. The van der Waals surface area contributed by atoms with E-state index in [0.717, 1.165) is 12.1 Å². The lowest BCUT2D eigenvalue weighted by atomic mass is 10.1. The Morgan fingerprint density at radius 1 is 1.15 bits per heavy atom. The summed E-state index contributed by atoms with van der Waals surface area (Å²) in [5.41, 5.74) is 6.28. The summed E-state index contributed by atoms with van der Waals surface area (Å²) in [7, 11) is -3.60. The maximum absolute atomic E-state index is 13.3. The number of hydrogen-bond donors (Lipinski definition) is 1. The first-order chi connectivity index (χ1) is 9.40. The zero-order valence-corrected chi connectivity index (χ0v) is 11.2. The largest absolute Gasteiger partial charge is 0.399 e. The van der Waals surface area contributed by atoms with E-state index >= 15 is 0 Å². The molecule has 0 aliphatic heterocycles. The number of hydrogen-bond acceptors (Lipinski definition) is 4. The fraction of sp³-hybridized carbons (Fsp3) is 0.0714. The molecule has 6 heteroatoms. The monoisotopic (exact) mass is 290 g/mol. The summed E-state index contributed by atoms with van der Waals surface area (Å²) >= 11 is 0. The Kier molecular flexibility index (Phi) is 3.72. The molecule has 0 heterocycles. The van der Waals surface area contributed by atoms with Crippen LogP contribution in [0.25, 0.3) is 0 Å².